The summed E-state index contributed by atoms with van der Waals surface area (Å²) < 4.78 is 16.4. The molecule has 6 unspecified atom stereocenters. The van der Waals surface area contributed by atoms with E-state index in [0.717, 1.165) is 16.7 Å². The van der Waals surface area contributed by atoms with Crippen molar-refractivity contribution in [2.75, 3.05) is 26.2 Å². The maximum atomic E-state index is 15.3. The average molecular weight is 798 g/mol. The van der Waals surface area contributed by atoms with E-state index in [1.54, 1.807) is 38.5 Å². The van der Waals surface area contributed by atoms with Crippen molar-refractivity contribution in [3.05, 3.63) is 167 Å². The summed E-state index contributed by atoms with van der Waals surface area (Å²) in [4.78, 5) is 61.0. The first-order valence-corrected chi connectivity index (χ1v) is 20.1. The van der Waals surface area contributed by atoms with Crippen LogP contribution >= 0.6 is 0 Å². The van der Waals surface area contributed by atoms with E-state index in [1.165, 1.54) is 24.2 Å². The van der Waals surface area contributed by atoms with Crippen LogP contribution < -0.4 is 19.1 Å². The van der Waals surface area contributed by atoms with Gasteiger partial charge in [-0.15, -0.1) is 0 Å². The van der Waals surface area contributed by atoms with E-state index in [9.17, 15) is 14.7 Å². The molecule has 0 aromatic heterocycles. The van der Waals surface area contributed by atoms with Crippen LogP contribution in [0.4, 0.5) is 5.69 Å². The number of fused-ring (bicyclic) bond motifs is 4. The standard InChI is InChI=1S/C51H43NO8/c1-58-35-21-25-44(60-3)32(26-35)17-14-30-15-18-34(19-16-30)52-49(56)39-24-23-37-41(46(39)50(52)57)28-42-48(55)40(31-10-6-4-7-11-31)29-45(54)51(42,33-12-8-5-9-13-33)47(37)38-22-20-36(59-2)27-43(38)53/h4-23,25-27,29,39,41-42,46-47,53H,24,28H2,1-3H3. The molecule has 9 heteroatoms. The topological polar surface area (TPSA) is 119 Å². The minimum atomic E-state index is -1.46. The van der Waals surface area contributed by atoms with E-state index in [4.69, 9.17) is 14.2 Å². The first-order chi connectivity index (χ1) is 29.2. The monoisotopic (exact) mass is 797 g/mol. The number of aromatic hydroxyl groups is 1. The SMILES string of the molecule is COc1ccc(C2C3=CCC4C(=O)N(c5ccc(C=Cc6cc(OC)ccc6OC)cc5)C(=O)C4C3CC3C(=O)C(c4ccccc4)=CC(=O)C32c2ccccc2)c(O)c1. The lowest BCUT2D eigenvalue weighted by Crippen LogP contribution is -2.58. The second-order valence-electron chi connectivity index (χ2n) is 15.8. The zero-order valence-corrected chi connectivity index (χ0v) is 33.4. The van der Waals surface area contributed by atoms with E-state index in [0.29, 0.717) is 45.2 Å². The van der Waals surface area contributed by atoms with Crippen molar-refractivity contribution in [3.8, 4) is 23.0 Å². The molecule has 1 saturated carbocycles. The number of ketones is 2. The van der Waals surface area contributed by atoms with Crippen molar-refractivity contribution in [1.82, 2.24) is 0 Å². The van der Waals surface area contributed by atoms with Gasteiger partial charge < -0.3 is 19.3 Å². The first-order valence-electron chi connectivity index (χ1n) is 20.1. The zero-order valence-electron chi connectivity index (χ0n) is 33.4. The van der Waals surface area contributed by atoms with Gasteiger partial charge >= 0.3 is 0 Å². The molecular weight excluding hydrogens is 755 g/mol. The minimum Gasteiger partial charge on any atom is -0.508 e. The summed E-state index contributed by atoms with van der Waals surface area (Å²) in [5.41, 5.74) is 3.47. The van der Waals surface area contributed by atoms with Gasteiger partial charge in [0.25, 0.3) is 0 Å². The molecule has 0 bridgehead atoms. The van der Waals surface area contributed by atoms with Crippen molar-refractivity contribution < 1.29 is 38.5 Å². The van der Waals surface area contributed by atoms with Crippen LogP contribution in [0.5, 0.6) is 23.0 Å². The van der Waals surface area contributed by atoms with Gasteiger partial charge in [-0.3, -0.25) is 24.1 Å². The molecule has 0 radical (unpaired) electrons. The van der Waals surface area contributed by atoms with E-state index >= 15 is 9.59 Å². The summed E-state index contributed by atoms with van der Waals surface area (Å²) in [7, 11) is 4.72. The van der Waals surface area contributed by atoms with Crippen LogP contribution in [0.15, 0.2) is 139 Å². The molecule has 5 aromatic rings. The van der Waals surface area contributed by atoms with Gasteiger partial charge in [-0.1, -0.05) is 103 Å². The number of allylic oxidation sites excluding steroid dienone is 4. The largest absolute Gasteiger partial charge is 0.508 e. The summed E-state index contributed by atoms with van der Waals surface area (Å²) in [6, 6.07) is 36.2. The minimum absolute atomic E-state index is 0.0930. The summed E-state index contributed by atoms with van der Waals surface area (Å²) in [6.45, 7) is 0. The number of carbonyl (C=O) groups is 4. The Bertz CT molecular complexity index is 2630. The Balaban J connectivity index is 1.13. The lowest BCUT2D eigenvalue weighted by atomic mass is 9.44. The molecule has 0 spiro atoms. The predicted molar refractivity (Wildman–Crippen MR) is 229 cm³/mol. The fourth-order valence-corrected chi connectivity index (χ4v) is 10.3. The van der Waals surface area contributed by atoms with Gasteiger partial charge in [0.15, 0.2) is 11.6 Å². The smallest absolute Gasteiger partial charge is 0.238 e. The highest BCUT2D eigenvalue weighted by Gasteiger charge is 2.66. The van der Waals surface area contributed by atoms with Gasteiger partial charge in [0.1, 0.15) is 23.0 Å². The molecule has 1 heterocycles. The third-order valence-electron chi connectivity index (χ3n) is 13.0. The lowest BCUT2D eigenvalue weighted by molar-refractivity contribution is -0.135. The number of ether oxygens (including phenoxy) is 3. The number of Topliss-reactive ketones (excluding diaryl/α,β-unsaturated/α-hetero) is 1. The first kappa shape index (κ1) is 38.5. The summed E-state index contributed by atoms with van der Waals surface area (Å²) >= 11 is 0. The number of amides is 2. The van der Waals surface area contributed by atoms with Crippen molar-refractivity contribution in [2.45, 2.75) is 24.2 Å². The zero-order chi connectivity index (χ0) is 41.7. The van der Waals surface area contributed by atoms with Crippen molar-refractivity contribution >= 4 is 46.8 Å². The van der Waals surface area contributed by atoms with Gasteiger partial charge in [-0.25, -0.2) is 0 Å². The number of imide groups is 1. The molecule has 6 atom stereocenters. The fourth-order valence-electron chi connectivity index (χ4n) is 10.3. The van der Waals surface area contributed by atoms with Crippen LogP contribution in [0.25, 0.3) is 17.7 Å². The van der Waals surface area contributed by atoms with Gasteiger partial charge in [-0.05, 0) is 77.9 Å². The van der Waals surface area contributed by atoms with Gasteiger partial charge in [0.05, 0.1) is 44.3 Å². The normalized spacial score (nSPS) is 24.6. The Morgan fingerprint density at radius 3 is 2.08 bits per heavy atom. The highest BCUT2D eigenvalue weighted by Crippen LogP contribution is 2.64. The van der Waals surface area contributed by atoms with Crippen molar-refractivity contribution in [2.24, 2.45) is 23.7 Å². The molecule has 1 aliphatic heterocycles. The molecule has 2 fully saturated rings. The molecular formula is C51H43NO8. The van der Waals surface area contributed by atoms with Crippen LogP contribution in [0.1, 0.15) is 46.6 Å². The number of hydrogen-bond acceptors (Lipinski definition) is 8. The quantitative estimate of drug-likeness (QED) is 0.0895. The lowest BCUT2D eigenvalue weighted by Gasteiger charge is -2.55. The molecule has 9 rings (SSSR count). The third kappa shape index (κ3) is 6.06. The summed E-state index contributed by atoms with van der Waals surface area (Å²) in [5, 5.41) is 11.8. The van der Waals surface area contributed by atoms with Gasteiger partial charge in [-0.2, -0.15) is 0 Å². The highest BCUT2D eigenvalue weighted by atomic mass is 16.5. The number of rotatable bonds is 9. The molecule has 9 nitrogen and oxygen atoms in total. The van der Waals surface area contributed by atoms with E-state index in [2.05, 4.69) is 0 Å². The number of hydrogen-bond donors (Lipinski definition) is 1. The molecule has 3 aliphatic carbocycles. The Kier molecular flexibility index (Phi) is 9.83. The van der Waals surface area contributed by atoms with E-state index < -0.39 is 35.0 Å². The molecule has 2 amide bonds. The Morgan fingerprint density at radius 1 is 0.717 bits per heavy atom. The second kappa shape index (κ2) is 15.3. The summed E-state index contributed by atoms with van der Waals surface area (Å²) in [5.74, 6) is -3.20. The van der Waals surface area contributed by atoms with Crippen LogP contribution in [0, 0.1) is 23.7 Å². The molecule has 4 aliphatic rings. The highest BCUT2D eigenvalue weighted by molar-refractivity contribution is 6.32. The van der Waals surface area contributed by atoms with Crippen LogP contribution in [0.3, 0.4) is 0 Å². The Labute approximate surface area is 348 Å². The maximum Gasteiger partial charge on any atom is 0.238 e. The van der Waals surface area contributed by atoms with Crippen molar-refractivity contribution in [3.63, 3.8) is 0 Å². The van der Waals surface area contributed by atoms with Crippen LogP contribution in [-0.4, -0.2) is 49.8 Å². The molecule has 1 saturated heterocycles. The maximum absolute atomic E-state index is 15.3. The molecule has 300 valence electrons. The summed E-state index contributed by atoms with van der Waals surface area (Å²) in [6.07, 6.45) is 7.71. The molecule has 5 aromatic carbocycles. The second-order valence-corrected chi connectivity index (χ2v) is 15.8. The predicted octanol–water partition coefficient (Wildman–Crippen LogP) is 8.62. The molecule has 1 N–H and O–H groups in total. The number of phenols is 1. The van der Waals surface area contributed by atoms with E-state index in [1.807, 2.05) is 109 Å². The van der Waals surface area contributed by atoms with Crippen LogP contribution in [-0.2, 0) is 24.6 Å². The van der Waals surface area contributed by atoms with Gasteiger partial charge in [0, 0.05) is 34.6 Å². The molecule has 60 heavy (non-hydrogen) atoms. The number of methoxy groups -OCH3 is 3. The number of carbonyl (C=O) groups excluding carboxylic acids is 4. The Morgan fingerprint density at radius 2 is 1.40 bits per heavy atom. The van der Waals surface area contributed by atoms with Crippen LogP contribution in [0.2, 0.25) is 0 Å². The Hall–Kier alpha value is -7.00. The fraction of sp³-hybridized carbons (Fsp3) is 0.216. The van der Waals surface area contributed by atoms with Crippen molar-refractivity contribution in [1.29, 1.82) is 0 Å². The number of benzene rings is 5. The number of anilines is 1. The number of phenolic OH excluding ortho intramolecular Hbond substituents is 1. The van der Waals surface area contributed by atoms with Gasteiger partial charge in [0.2, 0.25) is 11.8 Å². The number of nitrogens with zero attached hydrogens (tertiary/aromatic N) is 1. The third-order valence-corrected chi connectivity index (χ3v) is 13.0. The average Bonchev–Trinajstić information content (AvgIpc) is 3.55. The van der Waals surface area contributed by atoms with E-state index in [-0.39, 0.29) is 42.0 Å².